The third-order valence-corrected chi connectivity index (χ3v) is 5.54. The molecule has 144 valence electrons. The molecule has 2 fully saturated rings. The van der Waals surface area contributed by atoms with Crippen molar-refractivity contribution in [3.63, 3.8) is 0 Å². The highest BCUT2D eigenvalue weighted by Gasteiger charge is 2.18. The molecule has 0 amide bonds. The first kappa shape index (κ1) is 19.2. The molecule has 0 atom stereocenters. The van der Waals surface area contributed by atoms with E-state index < -0.39 is 0 Å². The summed E-state index contributed by atoms with van der Waals surface area (Å²) in [5.74, 6) is 1.79. The summed E-state index contributed by atoms with van der Waals surface area (Å²) < 4.78 is 5.43. The van der Waals surface area contributed by atoms with Gasteiger partial charge in [-0.05, 0) is 42.7 Å². The van der Waals surface area contributed by atoms with Crippen LogP contribution in [0.15, 0.2) is 29.3 Å². The van der Waals surface area contributed by atoms with Crippen LogP contribution in [0.1, 0.15) is 43.7 Å². The lowest BCUT2D eigenvalue weighted by Crippen LogP contribution is -2.44. The standard InChI is InChI=1S/C21H34N4O/c1-17-6-8-20(9-7-17)24-21(22-2)23-15-18-4-3-5-19(14-18)16-25-10-12-26-13-11-25/h3-5,14,17,20H,6-13,15-16H2,1-2H3,(H2,22,23,24). The van der Waals surface area contributed by atoms with Crippen LogP contribution in [0, 0.1) is 5.92 Å². The quantitative estimate of drug-likeness (QED) is 0.628. The SMILES string of the molecule is CN=C(NCc1cccc(CN2CCOCC2)c1)NC1CCC(C)CC1. The molecular weight excluding hydrogens is 324 g/mol. The van der Waals surface area contributed by atoms with Gasteiger partial charge in [0.1, 0.15) is 0 Å². The van der Waals surface area contributed by atoms with Crippen molar-refractivity contribution in [1.82, 2.24) is 15.5 Å². The van der Waals surface area contributed by atoms with Gasteiger partial charge < -0.3 is 15.4 Å². The molecule has 1 aromatic carbocycles. The summed E-state index contributed by atoms with van der Waals surface area (Å²) in [6.07, 6.45) is 5.13. The molecule has 5 heteroatoms. The fourth-order valence-corrected chi connectivity index (χ4v) is 3.83. The van der Waals surface area contributed by atoms with Crippen LogP contribution in [0.5, 0.6) is 0 Å². The third-order valence-electron chi connectivity index (χ3n) is 5.54. The summed E-state index contributed by atoms with van der Waals surface area (Å²) in [6.45, 7) is 7.92. The van der Waals surface area contributed by atoms with Crippen LogP contribution in [0.25, 0.3) is 0 Å². The summed E-state index contributed by atoms with van der Waals surface area (Å²) in [5.41, 5.74) is 2.67. The first-order chi connectivity index (χ1) is 12.7. The average Bonchev–Trinajstić information content (AvgIpc) is 2.68. The second-order valence-electron chi connectivity index (χ2n) is 7.74. The number of hydrogen-bond donors (Lipinski definition) is 2. The molecule has 26 heavy (non-hydrogen) atoms. The van der Waals surface area contributed by atoms with Gasteiger partial charge in [0.05, 0.1) is 13.2 Å². The molecule has 0 radical (unpaired) electrons. The monoisotopic (exact) mass is 358 g/mol. The van der Waals surface area contributed by atoms with E-state index in [1.165, 1.54) is 36.8 Å². The molecule has 0 bridgehead atoms. The van der Waals surface area contributed by atoms with Gasteiger partial charge in [-0.2, -0.15) is 0 Å². The van der Waals surface area contributed by atoms with Gasteiger partial charge in [0.15, 0.2) is 5.96 Å². The smallest absolute Gasteiger partial charge is 0.191 e. The molecule has 2 aliphatic rings. The molecule has 1 saturated heterocycles. The van der Waals surface area contributed by atoms with E-state index in [2.05, 4.69) is 51.7 Å². The fraction of sp³-hybridized carbons (Fsp3) is 0.667. The lowest BCUT2D eigenvalue weighted by Gasteiger charge is -2.28. The van der Waals surface area contributed by atoms with Crippen molar-refractivity contribution in [1.29, 1.82) is 0 Å². The maximum atomic E-state index is 5.43. The molecule has 3 rings (SSSR count). The average molecular weight is 359 g/mol. The predicted octanol–water partition coefficient (Wildman–Crippen LogP) is 2.76. The Kier molecular flexibility index (Phi) is 7.32. The maximum Gasteiger partial charge on any atom is 0.191 e. The van der Waals surface area contributed by atoms with Gasteiger partial charge in [-0.1, -0.05) is 31.2 Å². The number of ether oxygens (including phenoxy) is 1. The summed E-state index contributed by atoms with van der Waals surface area (Å²) in [7, 11) is 1.86. The topological polar surface area (TPSA) is 48.9 Å². The van der Waals surface area contributed by atoms with Crippen molar-refractivity contribution in [3.05, 3.63) is 35.4 Å². The van der Waals surface area contributed by atoms with Gasteiger partial charge in [0.25, 0.3) is 0 Å². The summed E-state index contributed by atoms with van der Waals surface area (Å²) in [5, 5.41) is 7.07. The van der Waals surface area contributed by atoms with E-state index in [0.717, 1.165) is 51.3 Å². The van der Waals surface area contributed by atoms with E-state index in [-0.39, 0.29) is 0 Å². The molecule has 0 unspecified atom stereocenters. The van der Waals surface area contributed by atoms with Crippen LogP contribution < -0.4 is 10.6 Å². The normalized spacial score (nSPS) is 25.1. The Morgan fingerprint density at radius 3 is 2.62 bits per heavy atom. The van der Waals surface area contributed by atoms with Crippen LogP contribution in [0.3, 0.4) is 0 Å². The molecule has 1 aromatic rings. The number of morpholine rings is 1. The Balaban J connectivity index is 1.47. The van der Waals surface area contributed by atoms with Gasteiger partial charge in [-0.15, -0.1) is 0 Å². The molecule has 0 aromatic heterocycles. The molecule has 1 aliphatic heterocycles. The Bertz CT molecular complexity index is 575. The van der Waals surface area contributed by atoms with Crippen molar-refractivity contribution in [3.8, 4) is 0 Å². The minimum absolute atomic E-state index is 0.560. The van der Waals surface area contributed by atoms with Gasteiger partial charge in [-0.25, -0.2) is 0 Å². The molecule has 1 aliphatic carbocycles. The first-order valence-corrected chi connectivity index (χ1v) is 10.1. The molecular formula is C21H34N4O. The van der Waals surface area contributed by atoms with Gasteiger partial charge in [0.2, 0.25) is 0 Å². The van der Waals surface area contributed by atoms with Gasteiger partial charge in [0, 0.05) is 39.3 Å². The number of nitrogens with zero attached hydrogens (tertiary/aromatic N) is 2. The second-order valence-corrected chi connectivity index (χ2v) is 7.74. The molecule has 5 nitrogen and oxygen atoms in total. The van der Waals surface area contributed by atoms with Gasteiger partial charge >= 0.3 is 0 Å². The van der Waals surface area contributed by atoms with E-state index in [1.54, 1.807) is 0 Å². The Morgan fingerprint density at radius 1 is 1.15 bits per heavy atom. The molecule has 1 saturated carbocycles. The van der Waals surface area contributed by atoms with Crippen LogP contribution in [-0.4, -0.2) is 50.3 Å². The largest absolute Gasteiger partial charge is 0.379 e. The third kappa shape index (κ3) is 5.99. The van der Waals surface area contributed by atoms with Crippen LogP contribution >= 0.6 is 0 Å². The van der Waals surface area contributed by atoms with E-state index in [4.69, 9.17) is 4.74 Å². The molecule has 1 heterocycles. The lowest BCUT2D eigenvalue weighted by atomic mass is 9.87. The van der Waals surface area contributed by atoms with Crippen molar-refractivity contribution >= 4 is 5.96 Å². The lowest BCUT2D eigenvalue weighted by molar-refractivity contribution is 0.0342. The van der Waals surface area contributed by atoms with Crippen LogP contribution in [-0.2, 0) is 17.8 Å². The van der Waals surface area contributed by atoms with E-state index >= 15 is 0 Å². The summed E-state index contributed by atoms with van der Waals surface area (Å²) >= 11 is 0. The van der Waals surface area contributed by atoms with Crippen molar-refractivity contribution in [2.45, 2.75) is 51.7 Å². The van der Waals surface area contributed by atoms with Crippen molar-refractivity contribution < 1.29 is 4.74 Å². The van der Waals surface area contributed by atoms with Crippen LogP contribution in [0.2, 0.25) is 0 Å². The zero-order chi connectivity index (χ0) is 18.2. The highest BCUT2D eigenvalue weighted by molar-refractivity contribution is 5.79. The van der Waals surface area contributed by atoms with Gasteiger partial charge in [-0.3, -0.25) is 9.89 Å². The number of benzene rings is 1. The highest BCUT2D eigenvalue weighted by Crippen LogP contribution is 2.23. The zero-order valence-corrected chi connectivity index (χ0v) is 16.3. The van der Waals surface area contributed by atoms with E-state index in [0.29, 0.717) is 6.04 Å². The Hall–Kier alpha value is -1.59. The minimum atomic E-state index is 0.560. The highest BCUT2D eigenvalue weighted by atomic mass is 16.5. The number of rotatable bonds is 5. The van der Waals surface area contributed by atoms with Crippen LogP contribution in [0.4, 0.5) is 0 Å². The Labute approximate surface area is 158 Å². The zero-order valence-electron chi connectivity index (χ0n) is 16.3. The number of guanidine groups is 1. The van der Waals surface area contributed by atoms with Crippen molar-refractivity contribution in [2.24, 2.45) is 10.9 Å². The van der Waals surface area contributed by atoms with E-state index in [1.807, 2.05) is 7.05 Å². The molecule has 0 spiro atoms. The summed E-state index contributed by atoms with van der Waals surface area (Å²) in [6, 6.07) is 9.43. The van der Waals surface area contributed by atoms with E-state index in [9.17, 15) is 0 Å². The fourth-order valence-electron chi connectivity index (χ4n) is 3.83. The Morgan fingerprint density at radius 2 is 1.88 bits per heavy atom. The first-order valence-electron chi connectivity index (χ1n) is 10.1. The minimum Gasteiger partial charge on any atom is -0.379 e. The number of hydrogen-bond acceptors (Lipinski definition) is 3. The summed E-state index contributed by atoms with van der Waals surface area (Å²) in [4.78, 5) is 6.86. The van der Waals surface area contributed by atoms with Crippen molar-refractivity contribution in [2.75, 3.05) is 33.4 Å². The second kappa shape index (κ2) is 9.93. The maximum absolute atomic E-state index is 5.43. The predicted molar refractivity (Wildman–Crippen MR) is 107 cm³/mol. The number of aliphatic imine (C=N–C) groups is 1. The molecule has 2 N–H and O–H groups in total. The number of nitrogens with one attached hydrogen (secondary N) is 2.